The van der Waals surface area contributed by atoms with Crippen LogP contribution in [-0.4, -0.2) is 59.4 Å². The van der Waals surface area contributed by atoms with E-state index in [-0.39, 0.29) is 12.4 Å². The lowest BCUT2D eigenvalue weighted by molar-refractivity contribution is -0.152. The Morgan fingerprint density at radius 3 is 2.75 bits per heavy atom. The van der Waals surface area contributed by atoms with Crippen LogP contribution in [0, 0.1) is 11.2 Å². The summed E-state index contributed by atoms with van der Waals surface area (Å²) < 4.78 is 19.7. The number of rotatable bonds is 8. The summed E-state index contributed by atoms with van der Waals surface area (Å²) in [6.07, 6.45) is 3.87. The van der Waals surface area contributed by atoms with E-state index >= 15 is 0 Å². The average Bonchev–Trinajstić information content (AvgIpc) is 2.70. The van der Waals surface area contributed by atoms with Crippen LogP contribution >= 0.6 is 0 Å². The number of fused-ring (bicyclic) bond motifs is 1. The summed E-state index contributed by atoms with van der Waals surface area (Å²) in [5.74, 6) is -0.514. The molecule has 28 heavy (non-hydrogen) atoms. The lowest BCUT2D eigenvalue weighted by atomic mass is 9.74. The molecule has 1 aromatic heterocycles. The first-order valence-electron chi connectivity index (χ1n) is 9.67. The first-order chi connectivity index (χ1) is 13.5. The number of carboxylic acids is 1. The molecule has 2 aromatic rings. The third-order valence-corrected chi connectivity index (χ3v) is 5.90. The minimum atomic E-state index is -0.780. The van der Waals surface area contributed by atoms with Gasteiger partial charge in [0.05, 0.1) is 30.8 Å². The zero-order chi connectivity index (χ0) is 20.1. The Morgan fingerprint density at radius 1 is 1.36 bits per heavy atom. The molecule has 7 heteroatoms. The number of hydrogen-bond donors (Lipinski definition) is 2. The largest absolute Gasteiger partial charge is 0.497 e. The van der Waals surface area contributed by atoms with Gasteiger partial charge >= 0.3 is 5.97 Å². The number of ether oxygens (including phenoxy) is 1. The Hall–Kier alpha value is -2.25. The first-order valence-corrected chi connectivity index (χ1v) is 9.67. The maximum atomic E-state index is 14.5. The van der Waals surface area contributed by atoms with Gasteiger partial charge in [0.1, 0.15) is 11.6 Å². The molecule has 0 amide bonds. The maximum Gasteiger partial charge on any atom is 0.309 e. The second-order valence-corrected chi connectivity index (χ2v) is 7.47. The first kappa shape index (κ1) is 20.5. The van der Waals surface area contributed by atoms with E-state index in [4.69, 9.17) is 9.84 Å². The summed E-state index contributed by atoms with van der Waals surface area (Å²) in [5.41, 5.74) is 0.479. The smallest absolute Gasteiger partial charge is 0.309 e. The second-order valence-electron chi connectivity index (χ2n) is 7.47. The van der Waals surface area contributed by atoms with E-state index in [2.05, 4.69) is 9.88 Å². The van der Waals surface area contributed by atoms with Crippen LogP contribution in [0.3, 0.4) is 0 Å². The molecule has 0 unspecified atom stereocenters. The molecule has 0 bridgehead atoms. The molecule has 0 spiro atoms. The fourth-order valence-electron chi connectivity index (χ4n) is 4.10. The molecule has 0 atom stereocenters. The Morgan fingerprint density at radius 2 is 2.11 bits per heavy atom. The zero-order valence-electron chi connectivity index (χ0n) is 16.2. The maximum absolute atomic E-state index is 14.5. The standard InChI is InChI=1S/C21H27FN2O4/c1-28-15-4-5-19-17(13-15)16(18(22)14-23-19)3-2-6-21(20(26)27)7-9-24(10-8-21)11-12-25/h4-5,13-14,25H,2-3,6-12H2,1H3,(H,26,27). The molecule has 1 saturated heterocycles. The van der Waals surface area contributed by atoms with Gasteiger partial charge in [0.2, 0.25) is 0 Å². The number of carbonyl (C=O) groups is 1. The third kappa shape index (κ3) is 4.25. The molecule has 2 N–H and O–H groups in total. The van der Waals surface area contributed by atoms with Crippen LogP contribution in [0.5, 0.6) is 5.75 Å². The van der Waals surface area contributed by atoms with Gasteiger partial charge in [-0.1, -0.05) is 0 Å². The van der Waals surface area contributed by atoms with Gasteiger partial charge in [0, 0.05) is 11.9 Å². The number of aromatic nitrogens is 1. The number of aliphatic carboxylic acids is 1. The van der Waals surface area contributed by atoms with Crippen molar-refractivity contribution in [2.75, 3.05) is 33.4 Å². The van der Waals surface area contributed by atoms with E-state index in [0.29, 0.717) is 74.0 Å². The van der Waals surface area contributed by atoms with Gasteiger partial charge in [-0.25, -0.2) is 4.39 Å². The quantitative estimate of drug-likeness (QED) is 0.721. The highest BCUT2D eigenvalue weighted by Gasteiger charge is 2.40. The van der Waals surface area contributed by atoms with Crippen LogP contribution < -0.4 is 4.74 Å². The van der Waals surface area contributed by atoms with E-state index in [9.17, 15) is 14.3 Å². The van der Waals surface area contributed by atoms with Crippen molar-refractivity contribution >= 4 is 16.9 Å². The summed E-state index contributed by atoms with van der Waals surface area (Å²) in [5, 5.41) is 19.6. The molecule has 3 rings (SSSR count). The van der Waals surface area contributed by atoms with Gasteiger partial charge < -0.3 is 19.8 Å². The number of benzene rings is 1. The van der Waals surface area contributed by atoms with Crippen molar-refractivity contribution in [3.8, 4) is 5.75 Å². The van der Waals surface area contributed by atoms with Gasteiger partial charge in [-0.3, -0.25) is 9.78 Å². The predicted molar refractivity (Wildman–Crippen MR) is 104 cm³/mol. The van der Waals surface area contributed by atoms with Gasteiger partial charge in [-0.05, 0) is 69.0 Å². The number of hydrogen-bond acceptors (Lipinski definition) is 5. The monoisotopic (exact) mass is 390 g/mol. The third-order valence-electron chi connectivity index (χ3n) is 5.90. The van der Waals surface area contributed by atoms with Crippen molar-refractivity contribution in [2.24, 2.45) is 5.41 Å². The number of methoxy groups -OCH3 is 1. The molecule has 1 aliphatic rings. The Bertz CT molecular complexity index is 835. The molecule has 1 aromatic carbocycles. The zero-order valence-corrected chi connectivity index (χ0v) is 16.2. The van der Waals surface area contributed by atoms with Crippen molar-refractivity contribution in [3.05, 3.63) is 35.8 Å². The van der Waals surface area contributed by atoms with Crippen LogP contribution in [0.4, 0.5) is 4.39 Å². The summed E-state index contributed by atoms with van der Waals surface area (Å²) in [6, 6.07) is 5.37. The molecule has 0 radical (unpaired) electrons. The molecule has 1 aliphatic heterocycles. The van der Waals surface area contributed by atoms with Crippen molar-refractivity contribution in [3.63, 3.8) is 0 Å². The number of aryl methyl sites for hydroxylation is 1. The highest BCUT2D eigenvalue weighted by atomic mass is 19.1. The van der Waals surface area contributed by atoms with Gasteiger partial charge in [0.25, 0.3) is 0 Å². The number of pyridine rings is 1. The van der Waals surface area contributed by atoms with Crippen molar-refractivity contribution in [2.45, 2.75) is 32.1 Å². The van der Waals surface area contributed by atoms with Crippen LogP contribution in [0.25, 0.3) is 10.9 Å². The van der Waals surface area contributed by atoms with Gasteiger partial charge in [0.15, 0.2) is 0 Å². The molecular weight excluding hydrogens is 363 g/mol. The van der Waals surface area contributed by atoms with Crippen LogP contribution in [0.1, 0.15) is 31.2 Å². The van der Waals surface area contributed by atoms with Gasteiger partial charge in [-0.15, -0.1) is 0 Å². The number of β-amino-alcohol motifs (C(OH)–C–C–N with tert-alkyl or cyclic N) is 1. The normalized spacial score (nSPS) is 17.0. The lowest BCUT2D eigenvalue weighted by Crippen LogP contribution is -2.45. The number of carboxylic acid groups (broad SMARTS) is 1. The minimum Gasteiger partial charge on any atom is -0.497 e. The van der Waals surface area contributed by atoms with Crippen molar-refractivity contribution < 1.29 is 24.1 Å². The van der Waals surface area contributed by atoms with Crippen LogP contribution in [-0.2, 0) is 11.2 Å². The minimum absolute atomic E-state index is 0.0813. The number of nitrogens with zero attached hydrogens (tertiary/aromatic N) is 2. The van der Waals surface area contributed by atoms with E-state index in [1.165, 1.54) is 6.20 Å². The topological polar surface area (TPSA) is 82.9 Å². The van der Waals surface area contributed by atoms with Crippen molar-refractivity contribution in [1.82, 2.24) is 9.88 Å². The number of aliphatic hydroxyl groups is 1. The van der Waals surface area contributed by atoms with Gasteiger partial charge in [-0.2, -0.15) is 0 Å². The van der Waals surface area contributed by atoms with Crippen molar-refractivity contribution in [1.29, 1.82) is 0 Å². The molecule has 152 valence electrons. The van der Waals surface area contributed by atoms with Crippen LogP contribution in [0.2, 0.25) is 0 Å². The van der Waals surface area contributed by atoms with Crippen LogP contribution in [0.15, 0.2) is 24.4 Å². The second kappa shape index (κ2) is 8.84. The van der Waals surface area contributed by atoms with E-state index < -0.39 is 11.4 Å². The Balaban J connectivity index is 1.73. The molecule has 0 saturated carbocycles. The summed E-state index contributed by atoms with van der Waals surface area (Å²) in [4.78, 5) is 18.2. The fourth-order valence-corrected chi connectivity index (χ4v) is 4.10. The summed E-state index contributed by atoms with van der Waals surface area (Å²) in [7, 11) is 1.56. The molecule has 2 heterocycles. The number of likely N-dealkylation sites (tertiary alicyclic amines) is 1. The molecule has 6 nitrogen and oxygen atoms in total. The predicted octanol–water partition coefficient (Wildman–Crippen LogP) is 2.86. The summed E-state index contributed by atoms with van der Waals surface area (Å²) in [6.45, 7) is 1.98. The highest BCUT2D eigenvalue weighted by Crippen LogP contribution is 2.37. The molecule has 1 fully saturated rings. The summed E-state index contributed by atoms with van der Waals surface area (Å²) >= 11 is 0. The van der Waals surface area contributed by atoms with E-state index in [1.807, 2.05) is 0 Å². The molecular formula is C21H27FN2O4. The number of piperidine rings is 1. The lowest BCUT2D eigenvalue weighted by Gasteiger charge is -2.38. The SMILES string of the molecule is COc1ccc2ncc(F)c(CCCC3(C(=O)O)CCN(CCO)CC3)c2c1. The average molecular weight is 390 g/mol. The Kier molecular flexibility index (Phi) is 6.46. The molecule has 0 aliphatic carbocycles. The fraction of sp³-hybridized carbons (Fsp3) is 0.524. The Labute approximate surface area is 163 Å². The van der Waals surface area contributed by atoms with E-state index in [0.717, 1.165) is 0 Å². The number of aliphatic hydroxyl groups excluding tert-OH is 1. The number of halogens is 1. The highest BCUT2D eigenvalue weighted by molar-refractivity contribution is 5.83. The van der Waals surface area contributed by atoms with E-state index in [1.54, 1.807) is 25.3 Å².